The van der Waals surface area contributed by atoms with Gasteiger partial charge in [0.25, 0.3) is 0 Å². The number of anilines is 1. The van der Waals surface area contributed by atoms with Crippen molar-refractivity contribution in [3.05, 3.63) is 71.8 Å². The van der Waals surface area contributed by atoms with Crippen LogP contribution in [0.5, 0.6) is 0 Å². The Morgan fingerprint density at radius 3 is 2.13 bits per heavy atom. The van der Waals surface area contributed by atoms with Crippen LogP contribution in [0.2, 0.25) is 0 Å². The van der Waals surface area contributed by atoms with Gasteiger partial charge < -0.3 is 14.7 Å². The molecular formula is C30H30N4O5. The van der Waals surface area contributed by atoms with Gasteiger partial charge in [0.05, 0.1) is 11.0 Å². The number of fused-ring (bicyclic) bond motifs is 4. The number of hydrogen-bond donors (Lipinski definition) is 2. The van der Waals surface area contributed by atoms with Gasteiger partial charge in [-0.05, 0) is 71.4 Å². The zero-order chi connectivity index (χ0) is 28.1. The van der Waals surface area contributed by atoms with Crippen LogP contribution in [0.1, 0.15) is 52.7 Å². The fraction of sp³-hybridized carbons (Fsp3) is 0.267. The summed E-state index contributed by atoms with van der Waals surface area (Å²) in [5, 5.41) is 16.4. The quantitative estimate of drug-likeness (QED) is 0.188. The van der Waals surface area contributed by atoms with E-state index in [0.717, 1.165) is 5.56 Å². The zero-order valence-corrected chi connectivity index (χ0v) is 22.7. The molecule has 0 bridgehead atoms. The molecule has 0 saturated carbocycles. The standard InChI is InChI=1S/C30H30N4O5/c1-29(2,3)38-27(35)31-17-15-20-24(18-11-7-8-12-19(18)25(20)33-37)21(16-17)26-32-22-13-9-10-14-23(22)34(26)28(36)39-30(4,5)6/h7-16,37H,1-6H3,(H,31,35). The summed E-state index contributed by atoms with van der Waals surface area (Å²) < 4.78 is 12.7. The minimum atomic E-state index is -0.745. The molecule has 0 unspecified atom stereocenters. The highest BCUT2D eigenvalue weighted by atomic mass is 16.6. The van der Waals surface area contributed by atoms with E-state index in [4.69, 9.17) is 14.5 Å². The maximum atomic E-state index is 13.6. The molecule has 1 aliphatic rings. The molecule has 1 amide bonds. The van der Waals surface area contributed by atoms with Crippen molar-refractivity contribution in [1.82, 2.24) is 9.55 Å². The lowest BCUT2D eigenvalue weighted by Crippen LogP contribution is -2.28. The summed E-state index contributed by atoms with van der Waals surface area (Å²) in [6.07, 6.45) is -1.24. The second kappa shape index (κ2) is 9.27. The molecule has 0 radical (unpaired) electrons. The third-order valence-electron chi connectivity index (χ3n) is 5.97. The first-order chi connectivity index (χ1) is 18.4. The van der Waals surface area contributed by atoms with E-state index in [1.54, 1.807) is 59.7 Å². The molecule has 0 fully saturated rings. The van der Waals surface area contributed by atoms with E-state index in [-0.39, 0.29) is 0 Å². The Kier molecular flexibility index (Phi) is 6.17. The summed E-state index contributed by atoms with van der Waals surface area (Å²) in [6, 6.07) is 18.2. The van der Waals surface area contributed by atoms with Gasteiger partial charge in [0.2, 0.25) is 0 Å². The molecule has 1 aliphatic carbocycles. The summed E-state index contributed by atoms with van der Waals surface area (Å²) in [6.45, 7) is 10.7. The van der Waals surface area contributed by atoms with Gasteiger partial charge in [-0.3, -0.25) is 5.32 Å². The number of aromatic nitrogens is 2. The number of hydrogen-bond acceptors (Lipinski definition) is 7. The SMILES string of the molecule is CC(C)(C)OC(=O)Nc1cc2c(c(-c3nc4ccccc4n3C(=O)OC(C)(C)C)c1)-c1ccccc1C2=NO. The van der Waals surface area contributed by atoms with Gasteiger partial charge in [-0.1, -0.05) is 41.6 Å². The third-order valence-corrected chi connectivity index (χ3v) is 5.97. The third kappa shape index (κ3) is 4.95. The number of rotatable bonds is 2. The van der Waals surface area contributed by atoms with E-state index in [9.17, 15) is 14.8 Å². The van der Waals surface area contributed by atoms with Gasteiger partial charge in [0.1, 0.15) is 16.9 Å². The Morgan fingerprint density at radius 1 is 0.846 bits per heavy atom. The van der Waals surface area contributed by atoms with Crippen molar-refractivity contribution in [3.8, 4) is 22.5 Å². The first-order valence-electron chi connectivity index (χ1n) is 12.6. The van der Waals surface area contributed by atoms with Crippen LogP contribution in [0, 0.1) is 0 Å². The van der Waals surface area contributed by atoms with Crippen molar-refractivity contribution in [3.63, 3.8) is 0 Å². The van der Waals surface area contributed by atoms with Crippen LogP contribution in [-0.2, 0) is 9.47 Å². The lowest BCUT2D eigenvalue weighted by atomic mass is 9.97. The molecule has 9 nitrogen and oxygen atoms in total. The molecule has 5 rings (SSSR count). The molecule has 39 heavy (non-hydrogen) atoms. The Morgan fingerprint density at radius 2 is 1.46 bits per heavy atom. The molecule has 4 aromatic rings. The van der Waals surface area contributed by atoms with Gasteiger partial charge >= 0.3 is 12.2 Å². The summed E-state index contributed by atoms with van der Waals surface area (Å²) in [5.41, 5.74) is 3.80. The smallest absolute Gasteiger partial charge is 0.420 e. The average molecular weight is 527 g/mol. The number of imidazole rings is 1. The van der Waals surface area contributed by atoms with Crippen LogP contribution in [0.15, 0.2) is 65.8 Å². The Balaban J connectivity index is 1.79. The molecule has 0 spiro atoms. The first-order valence-corrected chi connectivity index (χ1v) is 12.6. The van der Waals surface area contributed by atoms with Crippen molar-refractivity contribution in [1.29, 1.82) is 0 Å². The Labute approximate surface area is 226 Å². The molecule has 9 heteroatoms. The number of nitrogens with one attached hydrogen (secondary N) is 1. The fourth-order valence-electron chi connectivity index (χ4n) is 4.65. The predicted molar refractivity (Wildman–Crippen MR) is 150 cm³/mol. The maximum Gasteiger partial charge on any atom is 0.420 e. The fourth-order valence-corrected chi connectivity index (χ4v) is 4.65. The van der Waals surface area contributed by atoms with Crippen LogP contribution in [-0.4, -0.2) is 43.9 Å². The van der Waals surface area contributed by atoms with Crippen LogP contribution >= 0.6 is 0 Å². The molecule has 2 N–H and O–H groups in total. The summed E-state index contributed by atoms with van der Waals surface area (Å²) in [7, 11) is 0. The van der Waals surface area contributed by atoms with Crippen molar-refractivity contribution < 1.29 is 24.3 Å². The highest BCUT2D eigenvalue weighted by Gasteiger charge is 2.33. The lowest BCUT2D eigenvalue weighted by Gasteiger charge is -2.22. The number of ether oxygens (including phenoxy) is 2. The monoisotopic (exact) mass is 526 g/mol. The molecule has 200 valence electrons. The molecular weight excluding hydrogens is 496 g/mol. The number of nitrogens with zero attached hydrogens (tertiary/aromatic N) is 3. The first kappa shape index (κ1) is 26.0. The van der Waals surface area contributed by atoms with E-state index in [1.807, 2.05) is 42.5 Å². The Hall–Kier alpha value is -4.66. The number of para-hydroxylation sites is 2. The van der Waals surface area contributed by atoms with Crippen LogP contribution in [0.25, 0.3) is 33.5 Å². The number of carbonyl (C=O) groups excluding carboxylic acids is 2. The largest absolute Gasteiger partial charge is 0.444 e. The number of benzene rings is 3. The minimum Gasteiger partial charge on any atom is -0.444 e. The van der Waals surface area contributed by atoms with Crippen molar-refractivity contribution in [2.75, 3.05) is 5.32 Å². The zero-order valence-electron chi connectivity index (χ0n) is 22.7. The van der Waals surface area contributed by atoms with Gasteiger partial charge in [-0.25, -0.2) is 19.1 Å². The van der Waals surface area contributed by atoms with Crippen molar-refractivity contribution >= 4 is 34.6 Å². The molecule has 0 atom stereocenters. The summed E-state index contributed by atoms with van der Waals surface area (Å²) in [5.74, 6) is 0.323. The summed E-state index contributed by atoms with van der Waals surface area (Å²) >= 11 is 0. The predicted octanol–water partition coefficient (Wildman–Crippen LogP) is 7.04. The average Bonchev–Trinajstić information content (AvgIpc) is 3.37. The topological polar surface area (TPSA) is 115 Å². The molecule has 0 aliphatic heterocycles. The molecule has 1 heterocycles. The van der Waals surface area contributed by atoms with Crippen LogP contribution in [0.3, 0.4) is 0 Å². The number of oxime groups is 1. The van der Waals surface area contributed by atoms with Gasteiger partial charge in [0, 0.05) is 27.9 Å². The number of amides is 1. The van der Waals surface area contributed by atoms with Crippen LogP contribution < -0.4 is 5.32 Å². The van der Waals surface area contributed by atoms with E-state index in [1.165, 1.54) is 4.57 Å². The molecule has 1 aromatic heterocycles. The van der Waals surface area contributed by atoms with Gasteiger partial charge in [0.15, 0.2) is 5.82 Å². The highest BCUT2D eigenvalue weighted by Crippen LogP contribution is 2.45. The lowest BCUT2D eigenvalue weighted by molar-refractivity contribution is 0.0545. The molecule has 3 aromatic carbocycles. The second-order valence-corrected chi connectivity index (χ2v) is 11.3. The van der Waals surface area contributed by atoms with E-state index >= 15 is 0 Å². The van der Waals surface area contributed by atoms with E-state index < -0.39 is 23.4 Å². The highest BCUT2D eigenvalue weighted by molar-refractivity contribution is 6.26. The van der Waals surface area contributed by atoms with Crippen LogP contribution in [0.4, 0.5) is 15.3 Å². The minimum absolute atomic E-state index is 0.323. The Bertz CT molecular complexity index is 1650. The maximum absolute atomic E-state index is 13.6. The van der Waals surface area contributed by atoms with Gasteiger partial charge in [-0.15, -0.1) is 0 Å². The summed E-state index contributed by atoms with van der Waals surface area (Å²) in [4.78, 5) is 31.1. The van der Waals surface area contributed by atoms with Crippen molar-refractivity contribution in [2.24, 2.45) is 5.16 Å². The normalized spacial score (nSPS) is 13.7. The van der Waals surface area contributed by atoms with E-state index in [0.29, 0.717) is 50.5 Å². The second-order valence-electron chi connectivity index (χ2n) is 11.3. The number of carbonyl (C=O) groups is 2. The van der Waals surface area contributed by atoms with Gasteiger partial charge in [-0.2, -0.15) is 0 Å². The van der Waals surface area contributed by atoms with E-state index in [2.05, 4.69) is 10.5 Å². The molecule has 0 saturated heterocycles. The van der Waals surface area contributed by atoms with Crippen molar-refractivity contribution in [2.45, 2.75) is 52.7 Å².